The summed E-state index contributed by atoms with van der Waals surface area (Å²) >= 11 is 6.12. The molecule has 1 fully saturated rings. The van der Waals surface area contributed by atoms with Crippen LogP contribution < -0.4 is 5.73 Å². The van der Waals surface area contributed by atoms with E-state index in [1.54, 1.807) is 12.3 Å². The minimum atomic E-state index is 0.553. The summed E-state index contributed by atoms with van der Waals surface area (Å²) in [5, 5.41) is 0.733. The highest BCUT2D eigenvalue weighted by Crippen LogP contribution is 2.35. The fourth-order valence-electron chi connectivity index (χ4n) is 2.14. The first-order valence-corrected chi connectivity index (χ1v) is 5.56. The number of aromatic nitrogens is 1. The number of hydrogen-bond acceptors (Lipinski definition) is 2. The van der Waals surface area contributed by atoms with E-state index in [4.69, 9.17) is 17.3 Å². The van der Waals surface area contributed by atoms with E-state index in [-0.39, 0.29) is 0 Å². The molecule has 0 unspecified atom stereocenters. The van der Waals surface area contributed by atoms with Gasteiger partial charge in [-0.15, -0.1) is 0 Å². The molecule has 0 amide bonds. The van der Waals surface area contributed by atoms with Gasteiger partial charge in [-0.3, -0.25) is 4.98 Å². The van der Waals surface area contributed by atoms with Crippen LogP contribution in [-0.2, 0) is 0 Å². The molecule has 3 heteroatoms. The van der Waals surface area contributed by atoms with Gasteiger partial charge in [-0.05, 0) is 18.9 Å². The molecule has 1 aromatic heterocycles. The molecule has 0 radical (unpaired) electrons. The van der Waals surface area contributed by atoms with Crippen molar-refractivity contribution in [2.24, 2.45) is 0 Å². The number of halogens is 1. The molecule has 0 aromatic carbocycles. The molecule has 2 rings (SSSR count). The smallest absolute Gasteiger partial charge is 0.0644 e. The molecule has 0 atom stereocenters. The minimum Gasteiger partial charge on any atom is -0.397 e. The van der Waals surface area contributed by atoms with Crippen molar-refractivity contribution in [1.82, 2.24) is 4.98 Å². The van der Waals surface area contributed by atoms with Gasteiger partial charge in [0, 0.05) is 5.92 Å². The molecular weight excluding hydrogens is 196 g/mol. The summed E-state index contributed by atoms with van der Waals surface area (Å²) in [4.78, 5) is 4.34. The lowest BCUT2D eigenvalue weighted by Gasteiger charge is -2.21. The third-order valence-electron chi connectivity index (χ3n) is 2.88. The first-order valence-electron chi connectivity index (χ1n) is 5.18. The number of pyridine rings is 1. The van der Waals surface area contributed by atoms with Gasteiger partial charge in [-0.2, -0.15) is 0 Å². The SMILES string of the molecule is Nc1cnc(C2CCCCC2)c(Cl)c1. The van der Waals surface area contributed by atoms with Crippen molar-refractivity contribution in [1.29, 1.82) is 0 Å². The number of nitrogens with zero attached hydrogens (tertiary/aromatic N) is 1. The second kappa shape index (κ2) is 4.18. The van der Waals surface area contributed by atoms with Crippen LogP contribution >= 0.6 is 11.6 Å². The van der Waals surface area contributed by atoms with Crippen LogP contribution in [-0.4, -0.2) is 4.98 Å². The summed E-state index contributed by atoms with van der Waals surface area (Å²) in [5.41, 5.74) is 7.30. The lowest BCUT2D eigenvalue weighted by atomic mass is 9.86. The van der Waals surface area contributed by atoms with Crippen molar-refractivity contribution < 1.29 is 0 Å². The van der Waals surface area contributed by atoms with Crippen LogP contribution in [0.2, 0.25) is 5.02 Å². The summed E-state index contributed by atoms with van der Waals surface area (Å²) in [6.07, 6.45) is 8.09. The van der Waals surface area contributed by atoms with Crippen LogP contribution in [0.1, 0.15) is 43.7 Å². The summed E-state index contributed by atoms with van der Waals surface area (Å²) < 4.78 is 0. The first-order chi connectivity index (χ1) is 6.77. The maximum Gasteiger partial charge on any atom is 0.0644 e. The zero-order valence-electron chi connectivity index (χ0n) is 8.17. The number of nitrogen functional groups attached to an aromatic ring is 1. The highest BCUT2D eigenvalue weighted by Gasteiger charge is 2.19. The highest BCUT2D eigenvalue weighted by atomic mass is 35.5. The maximum absolute atomic E-state index is 6.12. The first kappa shape index (κ1) is 9.78. The predicted molar refractivity (Wildman–Crippen MR) is 59.5 cm³/mol. The van der Waals surface area contributed by atoms with E-state index < -0.39 is 0 Å². The summed E-state index contributed by atoms with van der Waals surface area (Å²) in [6, 6.07) is 1.80. The monoisotopic (exact) mass is 210 g/mol. The molecule has 0 aliphatic heterocycles. The third-order valence-corrected chi connectivity index (χ3v) is 3.19. The van der Waals surface area contributed by atoms with E-state index in [2.05, 4.69) is 4.98 Å². The Bertz CT molecular complexity index is 319. The predicted octanol–water partition coefficient (Wildman–Crippen LogP) is 3.36. The van der Waals surface area contributed by atoms with Crippen molar-refractivity contribution in [2.75, 3.05) is 5.73 Å². The van der Waals surface area contributed by atoms with Gasteiger partial charge in [0.2, 0.25) is 0 Å². The molecule has 2 nitrogen and oxygen atoms in total. The van der Waals surface area contributed by atoms with Crippen LogP contribution in [0.5, 0.6) is 0 Å². The Balaban J connectivity index is 2.22. The molecule has 1 saturated carbocycles. The Kier molecular flexibility index (Phi) is 2.92. The van der Waals surface area contributed by atoms with Gasteiger partial charge in [0.05, 0.1) is 22.6 Å². The van der Waals surface area contributed by atoms with Crippen molar-refractivity contribution in [2.45, 2.75) is 38.0 Å². The summed E-state index contributed by atoms with van der Waals surface area (Å²) in [7, 11) is 0. The van der Waals surface area contributed by atoms with E-state index in [0.717, 1.165) is 10.7 Å². The zero-order chi connectivity index (χ0) is 9.97. The number of rotatable bonds is 1. The van der Waals surface area contributed by atoms with Gasteiger partial charge in [0.1, 0.15) is 0 Å². The average molecular weight is 211 g/mol. The fourth-order valence-corrected chi connectivity index (χ4v) is 2.47. The molecule has 14 heavy (non-hydrogen) atoms. The van der Waals surface area contributed by atoms with Gasteiger partial charge in [-0.25, -0.2) is 0 Å². The molecule has 2 N–H and O–H groups in total. The average Bonchev–Trinajstić information content (AvgIpc) is 2.19. The molecule has 1 aromatic rings. The second-order valence-corrected chi connectivity index (χ2v) is 4.38. The van der Waals surface area contributed by atoms with Gasteiger partial charge < -0.3 is 5.73 Å². The molecule has 1 aliphatic rings. The Hall–Kier alpha value is -0.760. The molecule has 0 bridgehead atoms. The summed E-state index contributed by atoms with van der Waals surface area (Å²) in [6.45, 7) is 0. The topological polar surface area (TPSA) is 38.9 Å². The lowest BCUT2D eigenvalue weighted by molar-refractivity contribution is 0.437. The van der Waals surface area contributed by atoms with Crippen LogP contribution in [0, 0.1) is 0 Å². The van der Waals surface area contributed by atoms with E-state index >= 15 is 0 Å². The number of hydrogen-bond donors (Lipinski definition) is 1. The molecule has 1 aliphatic carbocycles. The van der Waals surface area contributed by atoms with Crippen LogP contribution in [0.3, 0.4) is 0 Å². The van der Waals surface area contributed by atoms with Crippen LogP contribution in [0.4, 0.5) is 5.69 Å². The van der Waals surface area contributed by atoms with Gasteiger partial charge in [0.25, 0.3) is 0 Å². The normalized spacial score (nSPS) is 18.4. The third kappa shape index (κ3) is 2.01. The van der Waals surface area contributed by atoms with Gasteiger partial charge in [0.15, 0.2) is 0 Å². The van der Waals surface area contributed by atoms with E-state index in [1.807, 2.05) is 0 Å². The standard InChI is InChI=1S/C11H15ClN2/c12-10-6-9(13)7-14-11(10)8-4-2-1-3-5-8/h6-8H,1-5,13H2. The Morgan fingerprint density at radius 2 is 2.00 bits per heavy atom. The van der Waals surface area contributed by atoms with E-state index in [0.29, 0.717) is 11.6 Å². The molecule has 0 saturated heterocycles. The van der Waals surface area contributed by atoms with Gasteiger partial charge >= 0.3 is 0 Å². The lowest BCUT2D eigenvalue weighted by Crippen LogP contribution is -2.07. The maximum atomic E-state index is 6.12. The number of nitrogens with two attached hydrogens (primary N) is 1. The van der Waals surface area contributed by atoms with Gasteiger partial charge in [-0.1, -0.05) is 30.9 Å². The molecule has 0 spiro atoms. The van der Waals surface area contributed by atoms with Crippen LogP contribution in [0.15, 0.2) is 12.3 Å². The summed E-state index contributed by atoms with van der Waals surface area (Å²) in [5.74, 6) is 0.553. The van der Waals surface area contributed by atoms with E-state index in [9.17, 15) is 0 Å². The Labute approximate surface area is 89.5 Å². The molecule has 1 heterocycles. The molecular formula is C11H15ClN2. The zero-order valence-corrected chi connectivity index (χ0v) is 8.93. The second-order valence-electron chi connectivity index (χ2n) is 3.97. The molecule has 76 valence electrons. The van der Waals surface area contributed by atoms with Crippen molar-refractivity contribution in [3.8, 4) is 0 Å². The Morgan fingerprint density at radius 3 is 2.64 bits per heavy atom. The highest BCUT2D eigenvalue weighted by molar-refractivity contribution is 6.31. The fraction of sp³-hybridized carbons (Fsp3) is 0.545. The Morgan fingerprint density at radius 1 is 1.29 bits per heavy atom. The van der Waals surface area contributed by atoms with Crippen molar-refractivity contribution in [3.63, 3.8) is 0 Å². The van der Waals surface area contributed by atoms with Crippen molar-refractivity contribution >= 4 is 17.3 Å². The quantitative estimate of drug-likeness (QED) is 0.772. The van der Waals surface area contributed by atoms with Crippen LogP contribution in [0.25, 0.3) is 0 Å². The largest absolute Gasteiger partial charge is 0.397 e. The minimum absolute atomic E-state index is 0.553. The number of anilines is 1. The van der Waals surface area contributed by atoms with E-state index in [1.165, 1.54) is 32.1 Å². The van der Waals surface area contributed by atoms with Crippen molar-refractivity contribution in [3.05, 3.63) is 23.0 Å².